The minimum absolute atomic E-state index is 0.0256. The molecule has 158 valence electrons. The van der Waals surface area contributed by atoms with Gasteiger partial charge in [-0.15, -0.1) is 0 Å². The van der Waals surface area contributed by atoms with Crippen molar-refractivity contribution in [3.63, 3.8) is 0 Å². The Morgan fingerprint density at radius 1 is 1.50 bits per heavy atom. The first-order chi connectivity index (χ1) is 14.1. The van der Waals surface area contributed by atoms with Gasteiger partial charge in [-0.2, -0.15) is 5.26 Å². The van der Waals surface area contributed by atoms with Crippen molar-refractivity contribution in [3.8, 4) is 6.07 Å². The van der Waals surface area contributed by atoms with Crippen LogP contribution < -0.4 is 11.1 Å². The molecule has 1 aliphatic heterocycles. The third-order valence-corrected chi connectivity index (χ3v) is 6.35. The summed E-state index contributed by atoms with van der Waals surface area (Å²) < 4.78 is 37.9. The molecule has 0 aromatic carbocycles. The predicted molar refractivity (Wildman–Crippen MR) is 111 cm³/mol. The average molecular weight is 433 g/mol. The highest BCUT2D eigenvalue weighted by Crippen LogP contribution is 2.24. The van der Waals surface area contributed by atoms with Crippen molar-refractivity contribution in [1.82, 2.24) is 10.3 Å². The molecule has 1 amide bonds. The molecule has 3 N–H and O–H groups in total. The monoisotopic (exact) mass is 433 g/mol. The maximum atomic E-state index is 13.6. The van der Waals surface area contributed by atoms with Crippen LogP contribution in [0.4, 0.5) is 8.78 Å². The van der Waals surface area contributed by atoms with Crippen LogP contribution in [0.2, 0.25) is 0 Å². The zero-order valence-corrected chi connectivity index (χ0v) is 17.3. The van der Waals surface area contributed by atoms with Crippen LogP contribution in [0.5, 0.6) is 0 Å². The lowest BCUT2D eigenvalue weighted by atomic mass is 10.1. The van der Waals surface area contributed by atoms with Crippen molar-refractivity contribution in [3.05, 3.63) is 65.4 Å². The number of amidine groups is 1. The maximum Gasteiger partial charge on any atom is 0.274 e. The highest BCUT2D eigenvalue weighted by molar-refractivity contribution is 7.87. The molecule has 1 aromatic rings. The van der Waals surface area contributed by atoms with Crippen molar-refractivity contribution in [2.24, 2.45) is 10.7 Å². The number of pyridine rings is 1. The van der Waals surface area contributed by atoms with Crippen LogP contribution in [-0.2, 0) is 10.8 Å². The molecule has 2 unspecified atom stereocenters. The normalized spacial score (nSPS) is 21.4. The van der Waals surface area contributed by atoms with Gasteiger partial charge < -0.3 is 11.1 Å². The van der Waals surface area contributed by atoms with Gasteiger partial charge >= 0.3 is 0 Å². The van der Waals surface area contributed by atoms with Crippen molar-refractivity contribution >= 4 is 22.5 Å². The molecule has 0 spiro atoms. The van der Waals surface area contributed by atoms with Gasteiger partial charge in [0.25, 0.3) is 5.91 Å². The quantitative estimate of drug-likeness (QED) is 0.666. The van der Waals surface area contributed by atoms with Gasteiger partial charge in [0.15, 0.2) is 0 Å². The molecular formula is C20H21F2N5O2S. The number of hydrogen-bond donors (Lipinski definition) is 2. The highest BCUT2D eigenvalue weighted by atomic mass is 32.2. The summed E-state index contributed by atoms with van der Waals surface area (Å²) in [6.07, 6.45) is 3.34. The van der Waals surface area contributed by atoms with E-state index in [1.54, 1.807) is 13.8 Å². The van der Waals surface area contributed by atoms with Crippen LogP contribution in [-0.4, -0.2) is 44.2 Å². The summed E-state index contributed by atoms with van der Waals surface area (Å²) in [7, 11) is -1.32. The van der Waals surface area contributed by atoms with E-state index in [1.165, 1.54) is 24.4 Å². The van der Waals surface area contributed by atoms with E-state index in [0.29, 0.717) is 5.57 Å². The Balaban J connectivity index is 2.30. The summed E-state index contributed by atoms with van der Waals surface area (Å²) in [4.78, 5) is 20.6. The Labute approximate surface area is 175 Å². The minimum Gasteiger partial charge on any atom is -0.386 e. The van der Waals surface area contributed by atoms with Gasteiger partial charge in [0.05, 0.1) is 22.1 Å². The number of nitrogens with two attached hydrogens (primary N) is 1. The van der Waals surface area contributed by atoms with Gasteiger partial charge in [-0.05, 0) is 43.7 Å². The van der Waals surface area contributed by atoms with Crippen molar-refractivity contribution in [2.75, 3.05) is 12.4 Å². The number of carbonyl (C=O) groups excluding carboxylic acids is 1. The van der Waals surface area contributed by atoms with Crippen LogP contribution >= 0.6 is 0 Å². The topological polar surface area (TPSA) is 121 Å². The third kappa shape index (κ3) is 5.45. The molecule has 2 rings (SSSR count). The molecule has 0 fully saturated rings. The number of allylic oxidation sites excluding steroid dienone is 2. The lowest BCUT2D eigenvalue weighted by molar-refractivity contribution is 0.0962. The van der Waals surface area contributed by atoms with E-state index < -0.39 is 40.0 Å². The Kier molecular flexibility index (Phi) is 7.34. The fraction of sp³-hybridized carbons (Fsp3) is 0.300. The number of halogens is 2. The second kappa shape index (κ2) is 9.54. The number of nitrogens with one attached hydrogen (secondary N) is 1. The van der Waals surface area contributed by atoms with Gasteiger partial charge in [-0.3, -0.25) is 14.0 Å². The van der Waals surface area contributed by atoms with E-state index in [4.69, 9.17) is 11.0 Å². The first-order valence-corrected chi connectivity index (χ1v) is 10.1. The maximum absolute atomic E-state index is 13.6. The van der Waals surface area contributed by atoms with Crippen molar-refractivity contribution in [2.45, 2.75) is 24.6 Å². The van der Waals surface area contributed by atoms with Gasteiger partial charge in [0.1, 0.15) is 30.1 Å². The third-order valence-electron chi connectivity index (χ3n) is 4.38. The SMILES string of the molecule is C=C(/C=C(\C=C(\F)CF)NC(=O)c1ccc(C#N)cn1)C1CS(=O)C(C)(C)C(N)=N1. The van der Waals surface area contributed by atoms with Gasteiger partial charge in [-0.25, -0.2) is 13.8 Å². The number of alkyl halides is 1. The predicted octanol–water partition coefficient (Wildman–Crippen LogP) is 2.21. The summed E-state index contributed by atoms with van der Waals surface area (Å²) in [5.41, 5.74) is 6.38. The molecule has 7 nitrogen and oxygen atoms in total. The Hall–Kier alpha value is -3.19. The number of amides is 1. The number of nitrogens with zero attached hydrogens (tertiary/aromatic N) is 3. The molecule has 10 heteroatoms. The van der Waals surface area contributed by atoms with Gasteiger partial charge in [0, 0.05) is 22.7 Å². The first kappa shape index (κ1) is 23.1. The second-order valence-corrected chi connectivity index (χ2v) is 9.00. The summed E-state index contributed by atoms with van der Waals surface area (Å²) in [5, 5.41) is 11.2. The van der Waals surface area contributed by atoms with E-state index in [1.807, 2.05) is 6.07 Å². The molecule has 2 atom stereocenters. The fourth-order valence-electron chi connectivity index (χ4n) is 2.43. The Morgan fingerprint density at radius 2 is 2.20 bits per heavy atom. The summed E-state index contributed by atoms with van der Waals surface area (Å²) in [6.45, 7) is 5.92. The van der Waals surface area contributed by atoms with E-state index in [2.05, 4.69) is 21.9 Å². The van der Waals surface area contributed by atoms with Crippen molar-refractivity contribution in [1.29, 1.82) is 5.26 Å². The molecule has 1 aliphatic rings. The fourth-order valence-corrected chi connectivity index (χ4v) is 3.70. The summed E-state index contributed by atoms with van der Waals surface area (Å²) in [6, 6.07) is 3.97. The number of rotatable bonds is 6. The molecule has 2 heterocycles. The lowest BCUT2D eigenvalue weighted by Gasteiger charge is -2.31. The summed E-state index contributed by atoms with van der Waals surface area (Å²) in [5.74, 6) is -1.46. The zero-order chi connectivity index (χ0) is 22.5. The lowest BCUT2D eigenvalue weighted by Crippen LogP contribution is -2.49. The number of carbonyl (C=O) groups is 1. The molecule has 0 aliphatic carbocycles. The Morgan fingerprint density at radius 3 is 2.73 bits per heavy atom. The number of nitriles is 1. The van der Waals surface area contributed by atoms with Crippen LogP contribution in [0.3, 0.4) is 0 Å². The number of hydrogen-bond acceptors (Lipinski definition) is 6. The molecule has 1 aromatic heterocycles. The number of aromatic nitrogens is 1. The second-order valence-electron chi connectivity index (χ2n) is 6.95. The average Bonchev–Trinajstić information content (AvgIpc) is 2.71. The van der Waals surface area contributed by atoms with Gasteiger partial charge in [0.2, 0.25) is 0 Å². The minimum atomic E-state index is -1.36. The molecular weight excluding hydrogens is 412 g/mol. The van der Waals surface area contributed by atoms with E-state index in [0.717, 1.165) is 6.08 Å². The van der Waals surface area contributed by atoms with Crippen LogP contribution in [0.1, 0.15) is 29.9 Å². The van der Waals surface area contributed by atoms with Crippen molar-refractivity contribution < 1.29 is 17.8 Å². The molecule has 0 saturated carbocycles. The molecule has 0 bridgehead atoms. The van der Waals surface area contributed by atoms with Crippen LogP contribution in [0, 0.1) is 11.3 Å². The molecule has 0 radical (unpaired) electrons. The molecule has 0 saturated heterocycles. The number of aliphatic imine (C=N–C) groups is 1. The zero-order valence-electron chi connectivity index (χ0n) is 16.5. The standard InChI is InChI=1S/C20H21F2N5O2S/c1-12(17-11-30(29)20(2,3)19(24)27-17)6-15(7-14(22)8-21)26-18(28)16-5-4-13(9-23)10-25-16/h4-7,10,17H,1,8,11H2,2-3H3,(H2,24,27)(H,26,28)/b14-7+,15-6+. The van der Waals surface area contributed by atoms with E-state index in [9.17, 15) is 17.8 Å². The van der Waals surface area contributed by atoms with Crippen LogP contribution in [0.25, 0.3) is 0 Å². The highest BCUT2D eigenvalue weighted by Gasteiger charge is 2.37. The first-order valence-electron chi connectivity index (χ1n) is 8.80. The van der Waals surface area contributed by atoms with E-state index in [-0.39, 0.29) is 28.5 Å². The Bertz CT molecular complexity index is 1010. The van der Waals surface area contributed by atoms with Gasteiger partial charge in [-0.1, -0.05) is 6.58 Å². The summed E-state index contributed by atoms with van der Waals surface area (Å²) >= 11 is 0. The molecule has 30 heavy (non-hydrogen) atoms. The smallest absolute Gasteiger partial charge is 0.274 e. The van der Waals surface area contributed by atoms with Crippen LogP contribution in [0.15, 0.2) is 59.1 Å². The largest absolute Gasteiger partial charge is 0.386 e. The van der Waals surface area contributed by atoms with E-state index >= 15 is 0 Å².